The Morgan fingerprint density at radius 3 is 2.32 bits per heavy atom. The third kappa shape index (κ3) is 8.27. The second kappa shape index (κ2) is 15.5. The van der Waals surface area contributed by atoms with E-state index in [1.165, 1.54) is 0 Å². The molecule has 0 spiro atoms. The minimum atomic E-state index is -1.46. The van der Waals surface area contributed by atoms with Crippen LogP contribution in [0.15, 0.2) is 0 Å². The van der Waals surface area contributed by atoms with Gasteiger partial charge in [0.15, 0.2) is 6.29 Å². The van der Waals surface area contributed by atoms with Gasteiger partial charge in [-0.15, -0.1) is 0 Å². The van der Waals surface area contributed by atoms with E-state index in [2.05, 4.69) is 16.0 Å². The molecule has 0 bridgehead atoms. The molecule has 15 unspecified atom stereocenters. The fourth-order valence-electron chi connectivity index (χ4n) is 7.30. The summed E-state index contributed by atoms with van der Waals surface area (Å²) in [6, 6.07) is -1.78. The molecule has 4 fully saturated rings. The van der Waals surface area contributed by atoms with Crippen molar-refractivity contribution in [2.45, 2.75) is 137 Å². The molecule has 2 saturated heterocycles. The number of aliphatic hydroxyl groups is 7. The Balaban J connectivity index is 1.53. The van der Waals surface area contributed by atoms with Crippen molar-refractivity contribution in [2.75, 3.05) is 33.3 Å². The van der Waals surface area contributed by atoms with Crippen molar-refractivity contribution < 1.29 is 50.0 Å². The molecular weight excluding hydrogens is 578 g/mol. The van der Waals surface area contributed by atoms with Crippen LogP contribution < -0.4 is 27.4 Å². The van der Waals surface area contributed by atoms with Gasteiger partial charge in [0.2, 0.25) is 0 Å². The standard InChI is InChI=1S/C29H57N5O10/c1-4-15(35)10-34-17-7-16(31)21(24(39)26(17)44-28-25(40)27(32-3)29(2,41)12-42-28)19-8-18(36)22(37)23(38)20(43-19)11-33-9-13-5-14(30)6-13/h13-28,32-41H,4-12,30-31H2,1-3H3. The Morgan fingerprint density at radius 1 is 0.977 bits per heavy atom. The van der Waals surface area contributed by atoms with Crippen molar-refractivity contribution in [3.05, 3.63) is 0 Å². The minimum absolute atomic E-state index is 0.0890. The molecule has 258 valence electrons. The summed E-state index contributed by atoms with van der Waals surface area (Å²) < 4.78 is 18.3. The van der Waals surface area contributed by atoms with E-state index in [0.29, 0.717) is 18.9 Å². The average molecular weight is 636 g/mol. The number of rotatable bonds is 12. The molecule has 2 aliphatic heterocycles. The fraction of sp³-hybridized carbons (Fsp3) is 1.00. The zero-order chi connectivity index (χ0) is 32.3. The van der Waals surface area contributed by atoms with E-state index in [4.69, 9.17) is 25.7 Å². The van der Waals surface area contributed by atoms with Gasteiger partial charge in [0, 0.05) is 43.6 Å². The molecule has 0 radical (unpaired) electrons. The normalized spacial score (nSPS) is 49.2. The summed E-state index contributed by atoms with van der Waals surface area (Å²) in [5.74, 6) is -0.373. The van der Waals surface area contributed by atoms with E-state index in [-0.39, 0.29) is 38.6 Å². The van der Waals surface area contributed by atoms with Crippen LogP contribution in [-0.2, 0) is 14.2 Å². The highest BCUT2D eigenvalue weighted by atomic mass is 16.7. The summed E-state index contributed by atoms with van der Waals surface area (Å²) in [5.41, 5.74) is 11.2. The zero-order valence-electron chi connectivity index (χ0n) is 26.1. The predicted octanol–water partition coefficient (Wildman–Crippen LogP) is -4.57. The third-order valence-corrected chi connectivity index (χ3v) is 10.1. The summed E-state index contributed by atoms with van der Waals surface area (Å²) >= 11 is 0. The summed E-state index contributed by atoms with van der Waals surface area (Å²) in [4.78, 5) is 0. The molecule has 4 aliphatic rings. The quantitative estimate of drug-likeness (QED) is 0.0964. The fourth-order valence-corrected chi connectivity index (χ4v) is 7.30. The van der Waals surface area contributed by atoms with Crippen LogP contribution in [0.25, 0.3) is 0 Å². The van der Waals surface area contributed by atoms with Gasteiger partial charge >= 0.3 is 0 Å². The number of likely N-dealkylation sites (N-methyl/N-ethyl adjacent to an activating group) is 1. The van der Waals surface area contributed by atoms with Crippen LogP contribution in [-0.4, -0.2) is 160 Å². The second-order valence-corrected chi connectivity index (χ2v) is 13.7. The summed E-state index contributed by atoms with van der Waals surface area (Å²) in [5, 5.41) is 85.6. The first kappa shape index (κ1) is 36.2. The van der Waals surface area contributed by atoms with Crippen LogP contribution >= 0.6 is 0 Å². The van der Waals surface area contributed by atoms with Crippen LogP contribution in [0.2, 0.25) is 0 Å². The average Bonchev–Trinajstić information content (AvgIpc) is 3.05. The smallest absolute Gasteiger partial charge is 0.185 e. The lowest BCUT2D eigenvalue weighted by Crippen LogP contribution is -2.68. The van der Waals surface area contributed by atoms with Gasteiger partial charge in [-0.1, -0.05) is 6.92 Å². The van der Waals surface area contributed by atoms with Gasteiger partial charge in [0.05, 0.1) is 43.2 Å². The second-order valence-electron chi connectivity index (χ2n) is 13.7. The van der Waals surface area contributed by atoms with Crippen LogP contribution in [0.4, 0.5) is 0 Å². The Bertz CT molecular complexity index is 887. The van der Waals surface area contributed by atoms with E-state index in [1.807, 2.05) is 6.92 Å². The summed E-state index contributed by atoms with van der Waals surface area (Å²) in [7, 11) is 1.61. The van der Waals surface area contributed by atoms with Crippen molar-refractivity contribution >= 4 is 0 Å². The first-order chi connectivity index (χ1) is 20.8. The molecule has 15 nitrogen and oxygen atoms in total. The molecule has 0 aromatic carbocycles. The van der Waals surface area contributed by atoms with Gasteiger partial charge in [0.25, 0.3) is 0 Å². The van der Waals surface area contributed by atoms with Crippen LogP contribution in [0, 0.1) is 11.8 Å². The van der Waals surface area contributed by atoms with Gasteiger partial charge in [-0.3, -0.25) is 0 Å². The van der Waals surface area contributed by atoms with Crippen molar-refractivity contribution in [1.29, 1.82) is 0 Å². The van der Waals surface area contributed by atoms with Gasteiger partial charge in [-0.25, -0.2) is 0 Å². The molecule has 4 rings (SSSR count). The number of ether oxygens (including phenoxy) is 3. The largest absolute Gasteiger partial charge is 0.392 e. The molecule has 2 saturated carbocycles. The van der Waals surface area contributed by atoms with Gasteiger partial charge in [0.1, 0.15) is 30.0 Å². The molecule has 14 N–H and O–H groups in total. The first-order valence-corrected chi connectivity index (χ1v) is 16.1. The molecule has 0 aromatic heterocycles. The zero-order valence-corrected chi connectivity index (χ0v) is 26.1. The lowest BCUT2D eigenvalue weighted by Gasteiger charge is -2.50. The van der Waals surface area contributed by atoms with E-state index in [0.717, 1.165) is 12.8 Å². The van der Waals surface area contributed by atoms with Gasteiger partial charge in [-0.2, -0.15) is 0 Å². The van der Waals surface area contributed by atoms with E-state index in [1.54, 1.807) is 14.0 Å². The van der Waals surface area contributed by atoms with Gasteiger partial charge < -0.3 is 77.4 Å². The van der Waals surface area contributed by atoms with Crippen LogP contribution in [0.1, 0.15) is 46.0 Å². The molecular formula is C29H57N5O10. The lowest BCUT2D eigenvalue weighted by atomic mass is 9.73. The number of nitrogens with one attached hydrogen (secondary N) is 3. The topological polar surface area (TPSA) is 257 Å². The molecule has 15 heteroatoms. The van der Waals surface area contributed by atoms with E-state index in [9.17, 15) is 35.7 Å². The Hall–Kier alpha value is -0.600. The molecule has 2 heterocycles. The Morgan fingerprint density at radius 2 is 1.68 bits per heavy atom. The monoisotopic (exact) mass is 635 g/mol. The number of nitrogens with two attached hydrogens (primary N) is 2. The number of hydrogen-bond acceptors (Lipinski definition) is 15. The van der Waals surface area contributed by atoms with E-state index >= 15 is 0 Å². The Labute approximate surface area is 259 Å². The SMILES string of the molecule is CCC(O)CNC1CC(N)C(C2CC(O)C(O)C(O)C(CNCC3CC(N)C3)O2)C(O)C1OC1OCC(C)(O)C(NC)C1O. The van der Waals surface area contributed by atoms with Crippen molar-refractivity contribution in [3.8, 4) is 0 Å². The maximum absolute atomic E-state index is 11.9. The number of hydrogen-bond donors (Lipinski definition) is 12. The van der Waals surface area contributed by atoms with Crippen LogP contribution in [0.3, 0.4) is 0 Å². The van der Waals surface area contributed by atoms with Crippen molar-refractivity contribution in [3.63, 3.8) is 0 Å². The maximum atomic E-state index is 11.9. The summed E-state index contributed by atoms with van der Waals surface area (Å²) in [6.45, 7) is 4.35. The molecule has 0 amide bonds. The maximum Gasteiger partial charge on any atom is 0.185 e. The van der Waals surface area contributed by atoms with Crippen molar-refractivity contribution in [2.24, 2.45) is 23.3 Å². The highest BCUT2D eigenvalue weighted by molar-refractivity contribution is 5.05. The first-order valence-electron chi connectivity index (χ1n) is 16.1. The molecule has 44 heavy (non-hydrogen) atoms. The molecule has 15 atom stereocenters. The Kier molecular flexibility index (Phi) is 12.8. The van der Waals surface area contributed by atoms with Crippen molar-refractivity contribution in [1.82, 2.24) is 16.0 Å². The third-order valence-electron chi connectivity index (χ3n) is 10.1. The highest BCUT2D eigenvalue weighted by Gasteiger charge is 2.53. The predicted molar refractivity (Wildman–Crippen MR) is 159 cm³/mol. The number of aliphatic hydroxyl groups excluding tert-OH is 6. The van der Waals surface area contributed by atoms with Gasteiger partial charge in [-0.05, 0) is 52.1 Å². The lowest BCUT2D eigenvalue weighted by molar-refractivity contribution is -0.298. The van der Waals surface area contributed by atoms with E-state index < -0.39 is 90.9 Å². The molecule has 2 aliphatic carbocycles. The highest BCUT2D eigenvalue weighted by Crippen LogP contribution is 2.37. The minimum Gasteiger partial charge on any atom is -0.392 e. The molecule has 0 aromatic rings. The summed E-state index contributed by atoms with van der Waals surface area (Å²) in [6.07, 6.45) is -8.83. The van der Waals surface area contributed by atoms with Crippen LogP contribution in [0.5, 0.6) is 0 Å².